The molecule has 2 fully saturated rings. The normalized spacial score (nSPS) is 23.7. The number of hydrogen-bond acceptors (Lipinski definition) is 6. The van der Waals surface area contributed by atoms with E-state index in [0.29, 0.717) is 34.2 Å². The summed E-state index contributed by atoms with van der Waals surface area (Å²) in [6.07, 6.45) is 3.47. The Morgan fingerprint density at radius 1 is 1.18 bits per heavy atom. The fraction of sp³-hybridized carbons (Fsp3) is 0.346. The van der Waals surface area contributed by atoms with E-state index in [1.807, 2.05) is 35.0 Å². The largest absolute Gasteiger partial charge is 0.478 e. The predicted octanol–water partition coefficient (Wildman–Crippen LogP) is 6.04. The number of carbonyl (C=O) groups is 2. The molecule has 3 heterocycles. The molecule has 176 valence electrons. The summed E-state index contributed by atoms with van der Waals surface area (Å²) in [5.41, 5.74) is 1.08. The number of rotatable bonds is 7. The van der Waals surface area contributed by atoms with Crippen molar-refractivity contribution in [3.8, 4) is 5.88 Å². The summed E-state index contributed by atoms with van der Waals surface area (Å²) in [7, 11) is 0. The number of thiophene rings is 1. The molecule has 2 aromatic heterocycles. The molecule has 1 aliphatic carbocycles. The van der Waals surface area contributed by atoms with E-state index < -0.39 is 17.4 Å². The second-order valence-corrected chi connectivity index (χ2v) is 11.0. The molecule has 5 rings (SSSR count). The van der Waals surface area contributed by atoms with E-state index in [2.05, 4.69) is 19.7 Å². The molecule has 2 atom stereocenters. The Balaban J connectivity index is 1.51. The number of thiol groups is 1. The first kappa shape index (κ1) is 23.4. The van der Waals surface area contributed by atoms with Gasteiger partial charge in [-0.1, -0.05) is 55.6 Å². The highest BCUT2D eigenvalue weighted by Gasteiger charge is 2.53. The zero-order valence-corrected chi connectivity index (χ0v) is 21.2. The van der Waals surface area contributed by atoms with Crippen LogP contribution in [0.25, 0.3) is 0 Å². The smallest absolute Gasteiger partial charge is 0.248 e. The van der Waals surface area contributed by atoms with E-state index in [9.17, 15) is 9.59 Å². The van der Waals surface area contributed by atoms with E-state index >= 15 is 0 Å². The van der Waals surface area contributed by atoms with Crippen molar-refractivity contribution in [2.75, 3.05) is 6.61 Å². The first-order chi connectivity index (χ1) is 16.3. The number of halogens is 1. The summed E-state index contributed by atoms with van der Waals surface area (Å²) in [6, 6.07) is 14.3. The Hall–Kier alpha value is -2.35. The van der Waals surface area contributed by atoms with Crippen molar-refractivity contribution in [3.05, 3.63) is 81.1 Å². The molecule has 1 saturated heterocycles. The number of amides is 1. The van der Waals surface area contributed by atoms with E-state index in [1.165, 1.54) is 28.5 Å². The van der Waals surface area contributed by atoms with Crippen molar-refractivity contribution < 1.29 is 14.3 Å². The Bertz CT molecular complexity index is 1230. The van der Waals surface area contributed by atoms with Crippen LogP contribution in [-0.2, 0) is 15.1 Å². The van der Waals surface area contributed by atoms with Crippen LogP contribution >= 0.6 is 35.8 Å². The molecule has 2 unspecified atom stereocenters. The van der Waals surface area contributed by atoms with Crippen LogP contribution in [0.1, 0.15) is 55.3 Å². The zero-order chi connectivity index (χ0) is 23.9. The van der Waals surface area contributed by atoms with Crippen LogP contribution in [0.3, 0.4) is 0 Å². The first-order valence-corrected chi connectivity index (χ1v) is 13.0. The van der Waals surface area contributed by atoms with Gasteiger partial charge in [0.2, 0.25) is 11.8 Å². The molecule has 1 amide bonds. The Morgan fingerprint density at radius 3 is 2.68 bits per heavy atom. The zero-order valence-electron chi connectivity index (χ0n) is 18.7. The monoisotopic (exact) mass is 512 g/mol. The summed E-state index contributed by atoms with van der Waals surface area (Å²) in [4.78, 5) is 32.0. The van der Waals surface area contributed by atoms with Crippen molar-refractivity contribution in [2.45, 2.75) is 44.1 Å². The highest BCUT2D eigenvalue weighted by Crippen LogP contribution is 2.49. The molecule has 1 aromatic carbocycles. The molecule has 0 bridgehead atoms. The number of pyridine rings is 1. The molecule has 5 nitrogen and oxygen atoms in total. The van der Waals surface area contributed by atoms with Crippen molar-refractivity contribution >= 4 is 47.4 Å². The summed E-state index contributed by atoms with van der Waals surface area (Å²) >= 11 is 12.5. The van der Waals surface area contributed by atoms with Gasteiger partial charge in [0.1, 0.15) is 11.5 Å². The molecule has 0 radical (unpaired) electrons. The number of aromatic nitrogens is 1. The molecule has 1 saturated carbocycles. The maximum atomic E-state index is 13.7. The van der Waals surface area contributed by atoms with Gasteiger partial charge in [-0.2, -0.15) is 11.3 Å². The highest BCUT2D eigenvalue weighted by atomic mass is 35.5. The van der Waals surface area contributed by atoms with Crippen LogP contribution < -0.4 is 4.74 Å². The number of carbonyl (C=O) groups excluding carboxylic acids is 2. The molecule has 2 aliphatic rings. The lowest BCUT2D eigenvalue weighted by atomic mass is 9.75. The third-order valence-corrected chi connectivity index (χ3v) is 8.56. The number of nitrogens with zero attached hydrogens (tertiary/aromatic N) is 2. The Labute approximate surface area is 213 Å². The lowest BCUT2D eigenvalue weighted by Crippen LogP contribution is -2.54. The fourth-order valence-electron chi connectivity index (χ4n) is 4.55. The van der Waals surface area contributed by atoms with Gasteiger partial charge in [-0.05, 0) is 64.8 Å². The predicted molar refractivity (Wildman–Crippen MR) is 136 cm³/mol. The van der Waals surface area contributed by atoms with Gasteiger partial charge in [0.15, 0.2) is 5.78 Å². The van der Waals surface area contributed by atoms with Crippen LogP contribution in [0, 0.1) is 5.41 Å². The summed E-state index contributed by atoms with van der Waals surface area (Å²) in [5, 5.41) is 4.24. The average molecular weight is 513 g/mol. The second kappa shape index (κ2) is 9.02. The highest BCUT2D eigenvalue weighted by molar-refractivity contribution is 7.78. The topological polar surface area (TPSA) is 59.5 Å². The van der Waals surface area contributed by atoms with Gasteiger partial charge >= 0.3 is 0 Å². The van der Waals surface area contributed by atoms with Crippen LogP contribution in [0.15, 0.2) is 59.3 Å². The van der Waals surface area contributed by atoms with Gasteiger partial charge < -0.3 is 4.74 Å². The third kappa shape index (κ3) is 4.14. The van der Waals surface area contributed by atoms with Crippen LogP contribution in [0.4, 0.5) is 0 Å². The van der Waals surface area contributed by atoms with Crippen molar-refractivity contribution in [2.24, 2.45) is 5.41 Å². The summed E-state index contributed by atoms with van der Waals surface area (Å²) in [6.45, 7) is 2.84. The van der Waals surface area contributed by atoms with E-state index in [4.69, 9.17) is 21.3 Å². The number of Topliss-reactive ketones (excluding diaryl/α,β-unsaturated/α-hetero) is 1. The average Bonchev–Trinajstić information content (AvgIpc) is 3.31. The van der Waals surface area contributed by atoms with Gasteiger partial charge in [-0.3, -0.25) is 13.9 Å². The van der Waals surface area contributed by atoms with E-state index in [-0.39, 0.29) is 12.2 Å². The second-order valence-electron chi connectivity index (χ2n) is 9.39. The molecule has 1 aliphatic heterocycles. The summed E-state index contributed by atoms with van der Waals surface area (Å²) < 4.78 is 7.33. The fourth-order valence-corrected chi connectivity index (χ4v) is 5.93. The molecule has 34 heavy (non-hydrogen) atoms. The van der Waals surface area contributed by atoms with Gasteiger partial charge in [-0.15, -0.1) is 0 Å². The number of piperidine rings is 1. The Morgan fingerprint density at radius 2 is 1.97 bits per heavy atom. The Kier molecular flexibility index (Phi) is 6.21. The van der Waals surface area contributed by atoms with Gasteiger partial charge in [0.25, 0.3) is 0 Å². The van der Waals surface area contributed by atoms with Gasteiger partial charge in [0.05, 0.1) is 12.3 Å². The van der Waals surface area contributed by atoms with Crippen molar-refractivity contribution in [3.63, 3.8) is 0 Å². The SMILES string of the molecule is CC1(CCOc2cccc(C3(c4ccsc4)CC(=O)C(c4ccccc4Cl)C(=O)N3S)n2)CC1. The van der Waals surface area contributed by atoms with Crippen LogP contribution in [0.5, 0.6) is 5.88 Å². The molecule has 3 aromatic rings. The summed E-state index contributed by atoms with van der Waals surface area (Å²) in [5.74, 6) is -1.17. The minimum Gasteiger partial charge on any atom is -0.478 e. The minimum atomic E-state index is -1.14. The lowest BCUT2D eigenvalue weighted by Gasteiger charge is -2.45. The minimum absolute atomic E-state index is 0.0311. The molecule has 0 N–H and O–H groups in total. The quantitative estimate of drug-likeness (QED) is 0.310. The maximum absolute atomic E-state index is 13.7. The number of ether oxygens (including phenoxy) is 1. The van der Waals surface area contributed by atoms with Gasteiger partial charge in [-0.25, -0.2) is 4.98 Å². The number of ketones is 1. The third-order valence-electron chi connectivity index (χ3n) is 6.99. The standard InChI is InChI=1S/C26H25ClN2O3S2/c1-25(10-11-25)12-13-32-22-8-4-7-21(28-22)26(17-9-14-34-16-17)15-20(30)23(24(31)29(26)33)18-5-2-3-6-19(18)27/h2-9,14,16,23,33H,10-13,15H2,1H3. The molecule has 8 heteroatoms. The van der Waals surface area contributed by atoms with Crippen molar-refractivity contribution in [1.29, 1.82) is 0 Å². The van der Waals surface area contributed by atoms with Crippen molar-refractivity contribution in [1.82, 2.24) is 9.29 Å². The molecule has 0 spiro atoms. The lowest BCUT2D eigenvalue weighted by molar-refractivity contribution is -0.142. The van der Waals surface area contributed by atoms with E-state index in [1.54, 1.807) is 24.3 Å². The number of benzene rings is 1. The number of hydrogen-bond donors (Lipinski definition) is 1. The first-order valence-electron chi connectivity index (χ1n) is 11.3. The van der Waals surface area contributed by atoms with E-state index in [0.717, 1.165) is 12.0 Å². The van der Waals surface area contributed by atoms with Gasteiger partial charge in [0, 0.05) is 17.5 Å². The van der Waals surface area contributed by atoms with Crippen LogP contribution in [-0.4, -0.2) is 27.6 Å². The maximum Gasteiger partial charge on any atom is 0.248 e. The molecular formula is C26H25ClN2O3S2. The van der Waals surface area contributed by atoms with Crippen LogP contribution in [0.2, 0.25) is 5.02 Å². The molecular weight excluding hydrogens is 488 g/mol.